The van der Waals surface area contributed by atoms with Crippen molar-refractivity contribution in [3.8, 4) is 0 Å². The first-order valence-corrected chi connectivity index (χ1v) is 12.6. The molecule has 0 fully saturated rings. The molecule has 184 valence electrons. The number of carbonyl (C=O) groups is 2. The van der Waals surface area contributed by atoms with Crippen LogP contribution in [0.4, 0.5) is 0 Å². The van der Waals surface area contributed by atoms with E-state index < -0.39 is 6.04 Å². The predicted molar refractivity (Wildman–Crippen MR) is 143 cm³/mol. The molecule has 1 unspecified atom stereocenters. The van der Waals surface area contributed by atoms with Crippen molar-refractivity contribution in [1.82, 2.24) is 10.2 Å². The highest BCUT2D eigenvalue weighted by Gasteiger charge is 2.30. The second kappa shape index (κ2) is 12.9. The summed E-state index contributed by atoms with van der Waals surface area (Å²) in [6.07, 6.45) is 1.47. The van der Waals surface area contributed by atoms with Crippen molar-refractivity contribution in [2.75, 3.05) is 0 Å². The Kier molecular flexibility index (Phi) is 9.66. The SMILES string of the molecule is CC(C)NC(=O)C(Cc1ccccc1)N(Cc1ccccc1)C(=O)CCc1ccc(C(C)C)cc1. The number of hydrogen-bond donors (Lipinski definition) is 1. The zero-order valence-corrected chi connectivity index (χ0v) is 21.4. The summed E-state index contributed by atoms with van der Waals surface area (Å²) in [7, 11) is 0. The van der Waals surface area contributed by atoms with E-state index in [0.717, 1.165) is 16.7 Å². The van der Waals surface area contributed by atoms with Crippen LogP contribution >= 0.6 is 0 Å². The fraction of sp³-hybridized carbons (Fsp3) is 0.355. The minimum Gasteiger partial charge on any atom is -0.352 e. The molecular weight excluding hydrogens is 432 g/mol. The van der Waals surface area contributed by atoms with Gasteiger partial charge in [-0.15, -0.1) is 0 Å². The standard InChI is InChI=1S/C31H38N2O2/c1-23(2)28-18-15-25(16-19-28)17-20-30(34)33(22-27-13-9-6-10-14-27)29(31(35)32-24(3)4)21-26-11-7-5-8-12-26/h5-16,18-19,23-24,29H,17,20-22H2,1-4H3,(H,32,35). The minimum absolute atomic E-state index is 0.00563. The summed E-state index contributed by atoms with van der Waals surface area (Å²) in [5, 5.41) is 3.04. The fourth-order valence-corrected chi connectivity index (χ4v) is 4.18. The Hall–Kier alpha value is -3.40. The Balaban J connectivity index is 1.85. The van der Waals surface area contributed by atoms with Gasteiger partial charge in [0.05, 0.1) is 0 Å². The molecule has 1 atom stereocenters. The van der Waals surface area contributed by atoms with Gasteiger partial charge in [0.1, 0.15) is 6.04 Å². The van der Waals surface area contributed by atoms with Crippen LogP contribution < -0.4 is 5.32 Å². The third-order valence-electron chi connectivity index (χ3n) is 6.17. The Morgan fingerprint density at radius 1 is 0.743 bits per heavy atom. The van der Waals surface area contributed by atoms with Gasteiger partial charge in [0.25, 0.3) is 0 Å². The topological polar surface area (TPSA) is 49.4 Å². The first kappa shape index (κ1) is 26.2. The monoisotopic (exact) mass is 470 g/mol. The molecule has 0 aliphatic rings. The van der Waals surface area contributed by atoms with Crippen molar-refractivity contribution in [1.29, 1.82) is 0 Å². The van der Waals surface area contributed by atoms with Gasteiger partial charge in [-0.05, 0) is 48.4 Å². The average Bonchev–Trinajstić information content (AvgIpc) is 2.85. The van der Waals surface area contributed by atoms with Gasteiger partial charge >= 0.3 is 0 Å². The van der Waals surface area contributed by atoms with E-state index in [0.29, 0.717) is 31.7 Å². The normalized spacial score (nSPS) is 11.9. The first-order chi connectivity index (χ1) is 16.8. The van der Waals surface area contributed by atoms with Crippen molar-refractivity contribution >= 4 is 11.8 Å². The number of amides is 2. The maximum Gasteiger partial charge on any atom is 0.243 e. The summed E-state index contributed by atoms with van der Waals surface area (Å²) in [6.45, 7) is 8.64. The van der Waals surface area contributed by atoms with Gasteiger partial charge in [0.2, 0.25) is 11.8 Å². The van der Waals surface area contributed by atoms with E-state index in [2.05, 4.69) is 43.4 Å². The molecule has 2 amide bonds. The van der Waals surface area contributed by atoms with E-state index >= 15 is 0 Å². The zero-order valence-electron chi connectivity index (χ0n) is 21.4. The summed E-state index contributed by atoms with van der Waals surface area (Å²) in [4.78, 5) is 28.8. The van der Waals surface area contributed by atoms with E-state index in [1.807, 2.05) is 74.5 Å². The summed E-state index contributed by atoms with van der Waals surface area (Å²) >= 11 is 0. The number of aryl methyl sites for hydroxylation is 1. The van der Waals surface area contributed by atoms with Gasteiger partial charge in [-0.2, -0.15) is 0 Å². The molecule has 0 saturated carbocycles. The van der Waals surface area contributed by atoms with E-state index in [1.54, 1.807) is 4.90 Å². The smallest absolute Gasteiger partial charge is 0.243 e. The van der Waals surface area contributed by atoms with Gasteiger partial charge in [-0.1, -0.05) is 98.8 Å². The van der Waals surface area contributed by atoms with Crippen molar-refractivity contribution in [3.05, 3.63) is 107 Å². The number of nitrogens with zero attached hydrogens (tertiary/aromatic N) is 1. The van der Waals surface area contributed by atoms with E-state index in [4.69, 9.17) is 0 Å². The molecule has 0 spiro atoms. The van der Waals surface area contributed by atoms with Crippen molar-refractivity contribution in [3.63, 3.8) is 0 Å². The molecule has 1 N–H and O–H groups in total. The molecule has 0 heterocycles. The number of carbonyl (C=O) groups excluding carboxylic acids is 2. The number of hydrogen-bond acceptors (Lipinski definition) is 2. The molecule has 0 aliphatic carbocycles. The van der Waals surface area contributed by atoms with Crippen LogP contribution in [0.1, 0.15) is 62.3 Å². The summed E-state index contributed by atoms with van der Waals surface area (Å²) in [5.74, 6) is 0.348. The van der Waals surface area contributed by atoms with Gasteiger partial charge in [-0.25, -0.2) is 0 Å². The van der Waals surface area contributed by atoms with Crippen LogP contribution in [0.3, 0.4) is 0 Å². The highest BCUT2D eigenvalue weighted by Crippen LogP contribution is 2.19. The van der Waals surface area contributed by atoms with Gasteiger partial charge in [0, 0.05) is 25.4 Å². The van der Waals surface area contributed by atoms with Crippen LogP contribution in [0.2, 0.25) is 0 Å². The second-order valence-corrected chi connectivity index (χ2v) is 9.77. The Morgan fingerprint density at radius 2 is 1.31 bits per heavy atom. The number of rotatable bonds is 11. The Bertz CT molecular complexity index is 1060. The number of nitrogens with one attached hydrogen (secondary N) is 1. The summed E-state index contributed by atoms with van der Waals surface area (Å²) < 4.78 is 0. The molecule has 3 aromatic rings. The molecule has 0 radical (unpaired) electrons. The van der Waals surface area contributed by atoms with Crippen LogP contribution in [0.5, 0.6) is 0 Å². The molecule has 3 rings (SSSR count). The van der Waals surface area contributed by atoms with Crippen LogP contribution in [-0.4, -0.2) is 28.8 Å². The van der Waals surface area contributed by atoms with Crippen molar-refractivity contribution in [2.45, 2.75) is 71.5 Å². The predicted octanol–water partition coefficient (Wildman–Crippen LogP) is 5.91. The summed E-state index contributed by atoms with van der Waals surface area (Å²) in [6, 6.07) is 27.7. The lowest BCUT2D eigenvalue weighted by atomic mass is 9.99. The third kappa shape index (κ3) is 8.10. The Morgan fingerprint density at radius 3 is 1.86 bits per heavy atom. The highest BCUT2D eigenvalue weighted by atomic mass is 16.2. The molecule has 4 nitrogen and oxygen atoms in total. The summed E-state index contributed by atoms with van der Waals surface area (Å²) in [5.41, 5.74) is 4.47. The van der Waals surface area contributed by atoms with Gasteiger partial charge < -0.3 is 10.2 Å². The van der Waals surface area contributed by atoms with Crippen molar-refractivity contribution < 1.29 is 9.59 Å². The third-order valence-corrected chi connectivity index (χ3v) is 6.17. The molecule has 0 saturated heterocycles. The molecule has 4 heteroatoms. The highest BCUT2D eigenvalue weighted by molar-refractivity contribution is 5.88. The minimum atomic E-state index is -0.587. The lowest BCUT2D eigenvalue weighted by Gasteiger charge is -2.32. The number of benzene rings is 3. The average molecular weight is 471 g/mol. The van der Waals surface area contributed by atoms with Crippen LogP contribution in [0.15, 0.2) is 84.9 Å². The first-order valence-electron chi connectivity index (χ1n) is 12.6. The lowest BCUT2D eigenvalue weighted by Crippen LogP contribution is -2.51. The quantitative estimate of drug-likeness (QED) is 0.379. The zero-order chi connectivity index (χ0) is 25.2. The van der Waals surface area contributed by atoms with Gasteiger partial charge in [0.15, 0.2) is 0 Å². The largest absolute Gasteiger partial charge is 0.352 e. The van der Waals surface area contributed by atoms with E-state index in [9.17, 15) is 9.59 Å². The molecule has 35 heavy (non-hydrogen) atoms. The van der Waals surface area contributed by atoms with E-state index in [1.165, 1.54) is 5.56 Å². The van der Waals surface area contributed by atoms with Crippen LogP contribution in [0, 0.1) is 0 Å². The second-order valence-electron chi connectivity index (χ2n) is 9.77. The van der Waals surface area contributed by atoms with Crippen molar-refractivity contribution in [2.24, 2.45) is 0 Å². The maximum atomic E-state index is 13.7. The molecule has 0 aliphatic heterocycles. The molecule has 0 bridgehead atoms. The van der Waals surface area contributed by atoms with Crippen LogP contribution in [0.25, 0.3) is 0 Å². The van der Waals surface area contributed by atoms with Crippen LogP contribution in [-0.2, 0) is 29.0 Å². The fourth-order valence-electron chi connectivity index (χ4n) is 4.18. The van der Waals surface area contributed by atoms with E-state index in [-0.39, 0.29) is 17.9 Å². The molecule has 0 aromatic heterocycles. The molecule has 3 aromatic carbocycles. The Labute approximate surface area is 210 Å². The van der Waals surface area contributed by atoms with Gasteiger partial charge in [-0.3, -0.25) is 9.59 Å². The maximum absolute atomic E-state index is 13.7. The lowest BCUT2D eigenvalue weighted by molar-refractivity contribution is -0.141. The molecular formula is C31H38N2O2.